The second-order valence-corrected chi connectivity index (χ2v) is 7.61. The average molecular weight is 400 g/mol. The highest BCUT2D eigenvalue weighted by Crippen LogP contribution is 2.36. The minimum absolute atomic E-state index is 0.118. The molecule has 0 amide bonds. The molecule has 0 saturated heterocycles. The van der Waals surface area contributed by atoms with E-state index in [2.05, 4.69) is 43.1 Å². The molecule has 4 heteroatoms. The number of aliphatic hydroxyl groups is 1. The number of nitrogens with one attached hydrogen (secondary N) is 1. The van der Waals surface area contributed by atoms with E-state index in [9.17, 15) is 4.39 Å². The molecule has 0 aliphatic carbocycles. The first-order chi connectivity index (χ1) is 13.6. The molecule has 2 N–H and O–H groups in total. The summed E-state index contributed by atoms with van der Waals surface area (Å²) in [7, 11) is 0. The SMILES string of the molecule is CCCCc1c(C(C)c2ccc(/C=C/CCO)cc2)[nH]c2ccc(Cl)c(F)c12. The Balaban J connectivity index is 1.98. The molecule has 28 heavy (non-hydrogen) atoms. The van der Waals surface area contributed by atoms with Gasteiger partial charge < -0.3 is 10.1 Å². The Morgan fingerprint density at radius 3 is 2.61 bits per heavy atom. The van der Waals surface area contributed by atoms with Gasteiger partial charge in [-0.05, 0) is 48.1 Å². The third kappa shape index (κ3) is 4.31. The number of rotatable bonds is 8. The zero-order valence-corrected chi connectivity index (χ0v) is 17.2. The Bertz CT molecular complexity index is 959. The van der Waals surface area contributed by atoms with Crippen LogP contribution in [0.1, 0.15) is 61.4 Å². The number of aromatic amines is 1. The van der Waals surface area contributed by atoms with Crippen LogP contribution in [0.15, 0.2) is 42.5 Å². The van der Waals surface area contributed by atoms with E-state index in [1.54, 1.807) is 6.07 Å². The van der Waals surface area contributed by atoms with Crippen LogP contribution in [0.3, 0.4) is 0 Å². The van der Waals surface area contributed by atoms with E-state index in [1.807, 2.05) is 18.2 Å². The van der Waals surface area contributed by atoms with Crippen LogP contribution in [-0.2, 0) is 6.42 Å². The number of aromatic nitrogens is 1. The van der Waals surface area contributed by atoms with E-state index in [-0.39, 0.29) is 23.4 Å². The standard InChI is InChI=1S/C24H27ClFNO/c1-3-4-8-19-22-21(14-13-20(25)23(22)26)27-24(19)16(2)18-11-9-17(10-12-18)7-5-6-15-28/h5,7,9-14,16,27-28H,3-4,6,8,15H2,1-2H3/b7-5+. The van der Waals surface area contributed by atoms with Crippen molar-refractivity contribution in [1.29, 1.82) is 0 Å². The number of aliphatic hydroxyl groups excluding tert-OH is 1. The van der Waals surface area contributed by atoms with Gasteiger partial charge in [-0.15, -0.1) is 0 Å². The van der Waals surface area contributed by atoms with Crippen molar-refractivity contribution in [3.05, 3.63) is 75.7 Å². The van der Waals surface area contributed by atoms with E-state index in [4.69, 9.17) is 16.7 Å². The predicted octanol–water partition coefficient (Wildman–Crippen LogP) is 6.85. The van der Waals surface area contributed by atoms with E-state index in [0.29, 0.717) is 11.8 Å². The van der Waals surface area contributed by atoms with Gasteiger partial charge in [0.1, 0.15) is 0 Å². The van der Waals surface area contributed by atoms with Crippen molar-refractivity contribution >= 4 is 28.6 Å². The summed E-state index contributed by atoms with van der Waals surface area (Å²) in [4.78, 5) is 3.46. The number of benzene rings is 2. The van der Waals surface area contributed by atoms with Gasteiger partial charge in [-0.25, -0.2) is 4.39 Å². The van der Waals surface area contributed by atoms with Gasteiger partial charge in [0.15, 0.2) is 5.82 Å². The largest absolute Gasteiger partial charge is 0.396 e. The lowest BCUT2D eigenvalue weighted by molar-refractivity contribution is 0.303. The molecule has 1 aromatic heterocycles. The molecule has 3 rings (SSSR count). The van der Waals surface area contributed by atoms with E-state index < -0.39 is 0 Å². The van der Waals surface area contributed by atoms with Crippen molar-refractivity contribution in [2.75, 3.05) is 6.61 Å². The van der Waals surface area contributed by atoms with Crippen molar-refractivity contribution < 1.29 is 9.50 Å². The van der Waals surface area contributed by atoms with Crippen molar-refractivity contribution in [1.82, 2.24) is 4.98 Å². The Hall–Kier alpha value is -2.10. The summed E-state index contributed by atoms with van der Waals surface area (Å²) < 4.78 is 14.8. The fourth-order valence-electron chi connectivity index (χ4n) is 3.64. The molecule has 3 aromatic rings. The molecular weight excluding hydrogens is 373 g/mol. The Morgan fingerprint density at radius 1 is 1.18 bits per heavy atom. The lowest BCUT2D eigenvalue weighted by atomic mass is 9.92. The highest BCUT2D eigenvalue weighted by molar-refractivity contribution is 6.31. The predicted molar refractivity (Wildman–Crippen MR) is 117 cm³/mol. The van der Waals surface area contributed by atoms with Crippen LogP contribution in [0.4, 0.5) is 4.39 Å². The summed E-state index contributed by atoms with van der Waals surface area (Å²) in [5.41, 5.74) is 5.18. The second-order valence-electron chi connectivity index (χ2n) is 7.21. The third-order valence-corrected chi connectivity index (χ3v) is 5.54. The van der Waals surface area contributed by atoms with Crippen LogP contribution in [0, 0.1) is 5.82 Å². The lowest BCUT2D eigenvalue weighted by Crippen LogP contribution is -2.01. The molecule has 1 unspecified atom stereocenters. The summed E-state index contributed by atoms with van der Waals surface area (Å²) in [6.45, 7) is 4.45. The van der Waals surface area contributed by atoms with Crippen LogP contribution in [0.5, 0.6) is 0 Å². The van der Waals surface area contributed by atoms with E-state index in [0.717, 1.165) is 41.6 Å². The molecule has 1 atom stereocenters. The maximum atomic E-state index is 14.8. The fraction of sp³-hybridized carbons (Fsp3) is 0.333. The van der Waals surface area contributed by atoms with Crippen LogP contribution in [0.25, 0.3) is 17.0 Å². The first-order valence-electron chi connectivity index (χ1n) is 9.92. The Morgan fingerprint density at radius 2 is 1.93 bits per heavy atom. The highest BCUT2D eigenvalue weighted by Gasteiger charge is 2.21. The average Bonchev–Trinajstić information content (AvgIpc) is 3.08. The number of unbranched alkanes of at least 4 members (excludes halogenated alkanes) is 1. The van der Waals surface area contributed by atoms with Crippen LogP contribution in [-0.4, -0.2) is 16.7 Å². The maximum Gasteiger partial charge on any atom is 0.151 e. The highest BCUT2D eigenvalue weighted by atomic mass is 35.5. The Kier molecular flexibility index (Phi) is 6.93. The van der Waals surface area contributed by atoms with E-state index in [1.165, 1.54) is 5.56 Å². The van der Waals surface area contributed by atoms with Gasteiger partial charge in [0.2, 0.25) is 0 Å². The number of H-pyrrole nitrogens is 1. The van der Waals surface area contributed by atoms with Crippen LogP contribution < -0.4 is 0 Å². The van der Waals surface area contributed by atoms with Crippen molar-refractivity contribution in [2.45, 2.75) is 45.4 Å². The number of hydrogen-bond acceptors (Lipinski definition) is 1. The zero-order valence-electron chi connectivity index (χ0n) is 16.4. The van der Waals surface area contributed by atoms with E-state index >= 15 is 0 Å². The minimum atomic E-state index is -0.329. The lowest BCUT2D eigenvalue weighted by Gasteiger charge is -2.14. The van der Waals surface area contributed by atoms with Gasteiger partial charge in [0.05, 0.1) is 5.02 Å². The smallest absolute Gasteiger partial charge is 0.151 e. The monoisotopic (exact) mass is 399 g/mol. The second kappa shape index (κ2) is 9.40. The topological polar surface area (TPSA) is 36.0 Å². The molecule has 0 fully saturated rings. The molecule has 0 saturated carbocycles. The number of halogens is 2. The number of aryl methyl sites for hydroxylation is 1. The number of hydrogen-bond donors (Lipinski definition) is 2. The van der Waals surface area contributed by atoms with Gasteiger partial charge in [0, 0.05) is 29.1 Å². The van der Waals surface area contributed by atoms with Crippen molar-refractivity contribution in [2.24, 2.45) is 0 Å². The molecule has 2 aromatic carbocycles. The summed E-state index contributed by atoms with van der Waals surface area (Å²) in [5, 5.41) is 9.68. The molecule has 0 aliphatic rings. The Labute approximate surface area is 171 Å². The van der Waals surface area contributed by atoms with Crippen molar-refractivity contribution in [3.63, 3.8) is 0 Å². The fourth-order valence-corrected chi connectivity index (χ4v) is 3.80. The van der Waals surface area contributed by atoms with Crippen LogP contribution in [0.2, 0.25) is 5.02 Å². The maximum absolute atomic E-state index is 14.8. The summed E-state index contributed by atoms with van der Waals surface area (Å²) >= 11 is 6.06. The van der Waals surface area contributed by atoms with Gasteiger partial charge in [-0.3, -0.25) is 0 Å². The van der Waals surface area contributed by atoms with Gasteiger partial charge in [-0.1, -0.05) is 68.3 Å². The summed E-state index contributed by atoms with van der Waals surface area (Å²) in [6.07, 6.45) is 7.52. The quantitative estimate of drug-likeness (QED) is 0.426. The van der Waals surface area contributed by atoms with Gasteiger partial charge in [-0.2, -0.15) is 0 Å². The molecule has 0 spiro atoms. The minimum Gasteiger partial charge on any atom is -0.396 e. The first kappa shape index (κ1) is 20.6. The molecule has 2 nitrogen and oxygen atoms in total. The van der Waals surface area contributed by atoms with Crippen LogP contribution >= 0.6 is 11.6 Å². The zero-order chi connectivity index (χ0) is 20.1. The van der Waals surface area contributed by atoms with Gasteiger partial charge >= 0.3 is 0 Å². The number of fused-ring (bicyclic) bond motifs is 1. The molecule has 148 valence electrons. The third-order valence-electron chi connectivity index (χ3n) is 5.25. The molecule has 0 bridgehead atoms. The molecule has 1 heterocycles. The van der Waals surface area contributed by atoms with Gasteiger partial charge in [0.25, 0.3) is 0 Å². The normalized spacial score (nSPS) is 12.9. The molecular formula is C24H27ClFNO. The molecule has 0 radical (unpaired) electrons. The summed E-state index contributed by atoms with van der Waals surface area (Å²) in [6, 6.07) is 11.9. The van der Waals surface area contributed by atoms with Crippen molar-refractivity contribution in [3.8, 4) is 0 Å². The molecule has 0 aliphatic heterocycles. The first-order valence-corrected chi connectivity index (χ1v) is 10.3. The summed E-state index contributed by atoms with van der Waals surface area (Å²) in [5.74, 6) is -0.211.